The topological polar surface area (TPSA) is 114 Å². The maximum absolute atomic E-state index is 13.5. The number of pyridine rings is 1. The summed E-state index contributed by atoms with van der Waals surface area (Å²) in [6.45, 7) is 1.56. The molecule has 0 spiro atoms. The minimum Gasteiger partial charge on any atom is -0.662 e. The Morgan fingerprint density at radius 1 is 1.15 bits per heavy atom. The maximum Gasteiger partial charge on any atom is 0.151 e. The minimum absolute atomic E-state index is 0. The number of aromatic nitrogens is 3. The second kappa shape index (κ2) is 16.1. The molecule has 34 heavy (non-hydrogen) atoms. The number of hydrogen-bond acceptors (Lipinski definition) is 7. The molecule has 1 aromatic carbocycles. The molecule has 0 saturated carbocycles. The van der Waals surface area contributed by atoms with Crippen molar-refractivity contribution in [1.29, 1.82) is 0 Å². The van der Waals surface area contributed by atoms with Crippen LogP contribution < -0.4 is 10.6 Å². The van der Waals surface area contributed by atoms with Gasteiger partial charge in [0.25, 0.3) is 0 Å². The van der Waals surface area contributed by atoms with Gasteiger partial charge in [0, 0.05) is 69.4 Å². The first kappa shape index (κ1) is 29.5. The van der Waals surface area contributed by atoms with Crippen molar-refractivity contribution in [3.8, 4) is 11.3 Å². The number of rotatable bonds is 5. The van der Waals surface area contributed by atoms with E-state index in [0.717, 1.165) is 38.3 Å². The number of aliphatic hydroxyl groups excluding tert-OH is 1. The normalized spacial score (nSPS) is 14.3. The molecule has 2 aromatic heterocycles. The summed E-state index contributed by atoms with van der Waals surface area (Å²) >= 11 is 0. The van der Waals surface area contributed by atoms with Crippen LogP contribution in [-0.2, 0) is 21.1 Å². The molecule has 0 aliphatic carbocycles. The molecule has 4 rings (SSSR count). The van der Waals surface area contributed by atoms with Gasteiger partial charge in [0.15, 0.2) is 6.29 Å². The molecule has 1 atom stereocenters. The Morgan fingerprint density at radius 3 is 2.56 bits per heavy atom. The Hall–Kier alpha value is -2.58. The van der Waals surface area contributed by atoms with Crippen molar-refractivity contribution in [2.24, 2.45) is 0 Å². The zero-order valence-corrected chi connectivity index (χ0v) is 22.5. The Morgan fingerprint density at radius 2 is 1.91 bits per heavy atom. The Labute approximate surface area is 214 Å². The average molecular weight is 637 g/mol. The molecule has 3 aromatic rings. The van der Waals surface area contributed by atoms with Crippen molar-refractivity contribution >= 4 is 17.8 Å². The molecule has 3 heterocycles. The minimum atomic E-state index is -0.325. The first-order chi connectivity index (χ1) is 16.1. The average Bonchev–Trinajstić information content (AvgIpc) is 2.86. The molecule has 1 saturated heterocycles. The van der Waals surface area contributed by atoms with E-state index in [1.54, 1.807) is 30.5 Å². The number of nitrogens with zero attached hydrogens (tertiary/aromatic N) is 4. The van der Waals surface area contributed by atoms with Crippen molar-refractivity contribution < 1.29 is 35.4 Å². The van der Waals surface area contributed by atoms with E-state index in [0.29, 0.717) is 35.1 Å². The summed E-state index contributed by atoms with van der Waals surface area (Å²) in [5.74, 6) is 1.07. The molecule has 0 amide bonds. The molecule has 1 unspecified atom stereocenters. The summed E-state index contributed by atoms with van der Waals surface area (Å²) in [7, 11) is 4.75. The number of nitrogens with one attached hydrogen (secondary N) is 2. The second-order valence-corrected chi connectivity index (χ2v) is 7.23. The third kappa shape index (κ3) is 8.99. The van der Waals surface area contributed by atoms with Gasteiger partial charge in [-0.05, 0) is 44.8 Å². The number of hydrogen-bond donors (Lipinski definition) is 3. The van der Waals surface area contributed by atoms with Crippen LogP contribution in [0.25, 0.3) is 16.6 Å². The number of carbonyl (C=O) groups is 1. The second-order valence-electron chi connectivity index (χ2n) is 7.23. The Kier molecular flexibility index (Phi) is 14.0. The number of aliphatic hydroxyl groups is 1. The van der Waals surface area contributed by atoms with E-state index in [4.69, 9.17) is 10.1 Å². The van der Waals surface area contributed by atoms with E-state index in [1.165, 1.54) is 18.3 Å². The van der Waals surface area contributed by atoms with Crippen molar-refractivity contribution in [1.82, 2.24) is 20.3 Å². The summed E-state index contributed by atoms with van der Waals surface area (Å²) in [4.78, 5) is 24.6. The predicted molar refractivity (Wildman–Crippen MR) is 129 cm³/mol. The van der Waals surface area contributed by atoms with Crippen LogP contribution in [0, 0.1) is 5.82 Å². The molecular weight excluding hydrogens is 607 g/mol. The summed E-state index contributed by atoms with van der Waals surface area (Å²) in [5.41, 5.74) is 2.46. The zero-order valence-electron chi connectivity index (χ0n) is 19.5. The predicted octanol–water partition coefficient (Wildman–Crippen LogP) is 3.93. The number of piperidine rings is 1. The van der Waals surface area contributed by atoms with Gasteiger partial charge in [0.1, 0.15) is 17.5 Å². The van der Waals surface area contributed by atoms with Crippen molar-refractivity contribution in [3.63, 3.8) is 0 Å². The van der Waals surface area contributed by atoms with Gasteiger partial charge in [-0.3, -0.25) is 9.78 Å². The third-order valence-corrected chi connectivity index (χ3v) is 4.62. The van der Waals surface area contributed by atoms with E-state index < -0.39 is 0 Å². The molecule has 1 fully saturated rings. The van der Waals surface area contributed by atoms with Gasteiger partial charge in [0.2, 0.25) is 0 Å². The molecule has 0 radical (unpaired) electrons. The van der Waals surface area contributed by atoms with Gasteiger partial charge in [-0.2, -0.15) is 0 Å². The fourth-order valence-electron chi connectivity index (χ4n) is 3.24. The molecule has 1 aliphatic rings. The Bertz CT molecular complexity index is 1020. The van der Waals surface area contributed by atoms with Gasteiger partial charge in [0.05, 0.1) is 5.69 Å². The summed E-state index contributed by atoms with van der Waals surface area (Å²) in [5, 5.41) is 17.4. The van der Waals surface area contributed by atoms with Crippen LogP contribution in [0.15, 0.2) is 48.8 Å². The molecule has 0 bridgehead atoms. The van der Waals surface area contributed by atoms with Crippen LogP contribution in [0.1, 0.15) is 34.9 Å². The number of aldehydes is 1. The van der Waals surface area contributed by atoms with E-state index in [-0.39, 0.29) is 32.8 Å². The number of benzene rings is 1. The zero-order chi connectivity index (χ0) is 24.1. The van der Waals surface area contributed by atoms with E-state index in [1.807, 2.05) is 14.1 Å². The quantitative estimate of drug-likeness (QED) is 0.364. The van der Waals surface area contributed by atoms with Gasteiger partial charge >= 0.3 is 0 Å². The van der Waals surface area contributed by atoms with E-state index in [2.05, 4.69) is 25.9 Å². The largest absolute Gasteiger partial charge is 0.662 e. The fourth-order valence-corrected chi connectivity index (χ4v) is 3.24. The van der Waals surface area contributed by atoms with Crippen LogP contribution >= 0.6 is 0 Å². The number of carbonyl (C=O) groups excluding carboxylic acids is 1. The molecule has 3 N–H and O–H groups in total. The molecule has 8 nitrogen and oxygen atoms in total. The van der Waals surface area contributed by atoms with Gasteiger partial charge in [-0.25, -0.2) is 14.4 Å². The van der Waals surface area contributed by atoms with E-state index >= 15 is 0 Å². The van der Waals surface area contributed by atoms with Crippen LogP contribution in [0.4, 0.5) is 15.9 Å². The standard InChI is InChI=1S/C21H19FN5O.C2H7N.CH4O.W/c22-17-4-1-5-18(8-17)25-20-9-19(16-7-14(13-28)10-24-12-16)26-21(27-20)15-3-2-6-23-11-15;1-3-2;1-2;/h1,4-5,7-10,12-13,15H,2-3,6,11H2,(H,25,26,27);3H,1-2H3;2H,1H3;/q-1;;;. The molecule has 10 heteroatoms. The van der Waals surface area contributed by atoms with E-state index in [9.17, 15) is 9.18 Å². The first-order valence-electron chi connectivity index (χ1n) is 10.6. The molecular formula is C24H30FN6O2W-. The summed E-state index contributed by atoms with van der Waals surface area (Å²) < 4.78 is 13.5. The summed E-state index contributed by atoms with van der Waals surface area (Å²) in [6, 6.07) is 9.73. The first-order valence-corrected chi connectivity index (χ1v) is 10.6. The summed E-state index contributed by atoms with van der Waals surface area (Å²) in [6.07, 6.45) is 5.90. The monoisotopic (exact) mass is 637 g/mol. The number of halogens is 1. The maximum atomic E-state index is 13.5. The fraction of sp³-hybridized carbons (Fsp3) is 0.333. The third-order valence-electron chi connectivity index (χ3n) is 4.62. The van der Waals surface area contributed by atoms with Crippen molar-refractivity contribution in [3.05, 3.63) is 71.3 Å². The van der Waals surface area contributed by atoms with Gasteiger partial charge in [-0.1, -0.05) is 12.5 Å². The van der Waals surface area contributed by atoms with Crippen molar-refractivity contribution in [2.75, 3.05) is 39.6 Å². The Balaban J connectivity index is 0.000000895. The van der Waals surface area contributed by atoms with Crippen LogP contribution in [0.5, 0.6) is 0 Å². The SMILES string of the molecule is CNC.CO.O=Cc1cncc(-c2cc(Nc3cccc(F)c3)nc(C3CCC[N-]C3)n2)c1.[W]. The van der Waals surface area contributed by atoms with Gasteiger partial charge < -0.3 is 21.1 Å². The molecule has 182 valence electrons. The number of anilines is 2. The smallest absolute Gasteiger partial charge is 0.151 e. The van der Waals surface area contributed by atoms with Gasteiger partial charge in [-0.15, -0.1) is 13.1 Å². The van der Waals surface area contributed by atoms with Crippen molar-refractivity contribution in [2.45, 2.75) is 18.8 Å². The molecule has 1 aliphatic heterocycles. The van der Waals surface area contributed by atoms with Crippen LogP contribution in [0.2, 0.25) is 0 Å². The van der Waals surface area contributed by atoms with Crippen LogP contribution in [-0.4, -0.2) is 60.6 Å². The van der Waals surface area contributed by atoms with Crippen LogP contribution in [0.3, 0.4) is 0 Å².